The maximum absolute atomic E-state index is 13.4. The average molecular weight is 192 g/mol. The van der Waals surface area contributed by atoms with Crippen molar-refractivity contribution in [1.29, 1.82) is 0 Å². The van der Waals surface area contributed by atoms with Crippen molar-refractivity contribution in [2.24, 2.45) is 17.6 Å². The number of nitrogens with two attached hydrogens (primary N) is 1. The van der Waals surface area contributed by atoms with Gasteiger partial charge >= 0.3 is 0 Å². The summed E-state index contributed by atoms with van der Waals surface area (Å²) in [7, 11) is 0. The number of halogens is 2. The Kier molecular flexibility index (Phi) is 3.24. The van der Waals surface area contributed by atoms with Gasteiger partial charge < -0.3 is 11.1 Å². The number of alkyl halides is 2. The third kappa shape index (κ3) is 2.17. The Labute approximate surface area is 77.9 Å². The first kappa shape index (κ1) is 10.9. The topological polar surface area (TPSA) is 38.0 Å². The molecule has 2 atom stereocenters. The molecule has 3 N–H and O–H groups in total. The standard InChI is InChI=1S/C9H18F2N2/c1-6(2)8-7(5-12)9(10,11)3-4-13-8/h6-8,13H,3-5,12H2,1-2H3. The fourth-order valence-electron chi connectivity index (χ4n) is 2.02. The molecule has 1 saturated heterocycles. The van der Waals surface area contributed by atoms with Gasteiger partial charge in [0.05, 0.1) is 5.92 Å². The molecule has 1 rings (SSSR count). The second-order valence-corrected chi connectivity index (χ2v) is 4.08. The summed E-state index contributed by atoms with van der Waals surface area (Å²) in [5, 5.41) is 3.12. The lowest BCUT2D eigenvalue weighted by Gasteiger charge is -2.40. The van der Waals surface area contributed by atoms with E-state index >= 15 is 0 Å². The van der Waals surface area contributed by atoms with Crippen molar-refractivity contribution in [2.75, 3.05) is 13.1 Å². The molecule has 0 bridgehead atoms. The maximum Gasteiger partial charge on any atom is 0.254 e. The highest BCUT2D eigenvalue weighted by atomic mass is 19.3. The molecule has 0 radical (unpaired) electrons. The molecule has 0 aromatic heterocycles. The molecule has 0 aromatic rings. The van der Waals surface area contributed by atoms with Crippen LogP contribution in [0.25, 0.3) is 0 Å². The normalized spacial score (nSPS) is 33.7. The quantitative estimate of drug-likeness (QED) is 0.690. The Morgan fingerprint density at radius 2 is 2.15 bits per heavy atom. The van der Waals surface area contributed by atoms with Gasteiger partial charge in [-0.25, -0.2) is 8.78 Å². The van der Waals surface area contributed by atoms with Crippen LogP contribution in [0.5, 0.6) is 0 Å². The first-order chi connectivity index (χ1) is 5.99. The molecule has 2 unspecified atom stereocenters. The predicted octanol–water partition coefficient (Wildman–Crippen LogP) is 1.21. The van der Waals surface area contributed by atoms with Crippen molar-refractivity contribution in [3.05, 3.63) is 0 Å². The predicted molar refractivity (Wildman–Crippen MR) is 48.7 cm³/mol. The van der Waals surface area contributed by atoms with Crippen LogP contribution < -0.4 is 11.1 Å². The molecule has 13 heavy (non-hydrogen) atoms. The summed E-state index contributed by atoms with van der Waals surface area (Å²) in [6, 6.07) is -0.145. The van der Waals surface area contributed by atoms with Crippen molar-refractivity contribution in [2.45, 2.75) is 32.2 Å². The fourth-order valence-corrected chi connectivity index (χ4v) is 2.02. The van der Waals surface area contributed by atoms with Crippen LogP contribution >= 0.6 is 0 Å². The summed E-state index contributed by atoms with van der Waals surface area (Å²) in [6.07, 6.45) is -0.0852. The Morgan fingerprint density at radius 1 is 1.54 bits per heavy atom. The average Bonchev–Trinajstić information content (AvgIpc) is 2.02. The molecule has 4 heteroatoms. The molecular formula is C9H18F2N2. The molecule has 0 aliphatic carbocycles. The van der Waals surface area contributed by atoms with Crippen LogP contribution in [0.2, 0.25) is 0 Å². The first-order valence-corrected chi connectivity index (χ1v) is 4.80. The maximum atomic E-state index is 13.4. The lowest BCUT2D eigenvalue weighted by atomic mass is 9.81. The number of nitrogens with one attached hydrogen (secondary N) is 1. The molecule has 0 amide bonds. The van der Waals surface area contributed by atoms with Crippen LogP contribution in [0, 0.1) is 11.8 Å². The smallest absolute Gasteiger partial charge is 0.254 e. The van der Waals surface area contributed by atoms with Crippen LogP contribution in [0.4, 0.5) is 8.78 Å². The van der Waals surface area contributed by atoms with E-state index in [0.717, 1.165) is 0 Å². The molecule has 0 saturated carbocycles. The minimum atomic E-state index is -2.59. The number of piperidine rings is 1. The zero-order valence-electron chi connectivity index (χ0n) is 8.19. The minimum absolute atomic E-state index is 0.0584. The Hall–Kier alpha value is -0.220. The molecule has 0 spiro atoms. The molecule has 1 aliphatic heterocycles. The van der Waals surface area contributed by atoms with E-state index in [1.165, 1.54) is 0 Å². The van der Waals surface area contributed by atoms with Gasteiger partial charge in [0.1, 0.15) is 0 Å². The monoisotopic (exact) mass is 192 g/mol. The third-order valence-corrected chi connectivity index (χ3v) is 2.79. The fraction of sp³-hybridized carbons (Fsp3) is 1.00. The summed E-state index contributed by atoms with van der Waals surface area (Å²) in [5.41, 5.74) is 5.39. The summed E-state index contributed by atoms with van der Waals surface area (Å²) >= 11 is 0. The van der Waals surface area contributed by atoms with Crippen molar-refractivity contribution in [1.82, 2.24) is 5.32 Å². The van der Waals surface area contributed by atoms with E-state index < -0.39 is 11.8 Å². The van der Waals surface area contributed by atoms with Crippen LogP contribution in [-0.4, -0.2) is 25.1 Å². The SMILES string of the molecule is CC(C)C1NCCC(F)(F)C1CN. The van der Waals surface area contributed by atoms with Gasteiger partial charge in [0.2, 0.25) is 0 Å². The van der Waals surface area contributed by atoms with Crippen LogP contribution in [-0.2, 0) is 0 Å². The van der Waals surface area contributed by atoms with Crippen molar-refractivity contribution >= 4 is 0 Å². The zero-order chi connectivity index (χ0) is 10.1. The molecule has 1 aliphatic rings. The van der Waals surface area contributed by atoms with E-state index in [0.29, 0.717) is 6.54 Å². The third-order valence-electron chi connectivity index (χ3n) is 2.79. The lowest BCUT2D eigenvalue weighted by Crippen LogP contribution is -2.56. The van der Waals surface area contributed by atoms with Crippen LogP contribution in [0.3, 0.4) is 0 Å². The molecule has 78 valence electrons. The van der Waals surface area contributed by atoms with E-state index in [4.69, 9.17) is 5.73 Å². The van der Waals surface area contributed by atoms with E-state index in [2.05, 4.69) is 5.32 Å². The first-order valence-electron chi connectivity index (χ1n) is 4.80. The van der Waals surface area contributed by atoms with Gasteiger partial charge in [0, 0.05) is 25.6 Å². The van der Waals surface area contributed by atoms with E-state index in [9.17, 15) is 8.78 Å². The molecule has 1 heterocycles. The van der Waals surface area contributed by atoms with Gasteiger partial charge in [-0.15, -0.1) is 0 Å². The molecular weight excluding hydrogens is 174 g/mol. The van der Waals surface area contributed by atoms with Gasteiger partial charge in [-0.2, -0.15) is 0 Å². The molecule has 0 aromatic carbocycles. The van der Waals surface area contributed by atoms with Crippen molar-refractivity contribution < 1.29 is 8.78 Å². The minimum Gasteiger partial charge on any atom is -0.330 e. The molecule has 2 nitrogen and oxygen atoms in total. The second kappa shape index (κ2) is 3.88. The van der Waals surface area contributed by atoms with Gasteiger partial charge in [0.25, 0.3) is 5.92 Å². The summed E-state index contributed by atoms with van der Waals surface area (Å²) in [6.45, 7) is 4.35. The second-order valence-electron chi connectivity index (χ2n) is 4.08. The number of hydrogen-bond acceptors (Lipinski definition) is 2. The van der Waals surface area contributed by atoms with E-state index in [-0.39, 0.29) is 24.9 Å². The van der Waals surface area contributed by atoms with Gasteiger partial charge in [0.15, 0.2) is 0 Å². The van der Waals surface area contributed by atoms with Crippen molar-refractivity contribution in [3.8, 4) is 0 Å². The van der Waals surface area contributed by atoms with Crippen LogP contribution in [0.1, 0.15) is 20.3 Å². The zero-order valence-corrected chi connectivity index (χ0v) is 8.19. The highest BCUT2D eigenvalue weighted by Crippen LogP contribution is 2.35. The summed E-state index contributed by atoms with van der Waals surface area (Å²) < 4.78 is 26.7. The Morgan fingerprint density at radius 3 is 2.54 bits per heavy atom. The Bertz CT molecular complexity index is 171. The van der Waals surface area contributed by atoms with Crippen LogP contribution in [0.15, 0.2) is 0 Å². The van der Waals surface area contributed by atoms with E-state index in [1.807, 2.05) is 13.8 Å². The highest BCUT2D eigenvalue weighted by Gasteiger charge is 2.46. The number of rotatable bonds is 2. The Balaban J connectivity index is 2.74. The van der Waals surface area contributed by atoms with Crippen molar-refractivity contribution in [3.63, 3.8) is 0 Å². The summed E-state index contributed by atoms with van der Waals surface area (Å²) in [5.74, 6) is -3.09. The number of hydrogen-bond donors (Lipinski definition) is 2. The highest BCUT2D eigenvalue weighted by molar-refractivity contribution is 4.93. The lowest BCUT2D eigenvalue weighted by molar-refractivity contribution is -0.0977. The van der Waals surface area contributed by atoms with E-state index in [1.54, 1.807) is 0 Å². The van der Waals surface area contributed by atoms with Gasteiger partial charge in [-0.1, -0.05) is 13.8 Å². The van der Waals surface area contributed by atoms with Gasteiger partial charge in [-0.05, 0) is 5.92 Å². The van der Waals surface area contributed by atoms with Gasteiger partial charge in [-0.3, -0.25) is 0 Å². The molecule has 1 fully saturated rings. The summed E-state index contributed by atoms with van der Waals surface area (Å²) in [4.78, 5) is 0. The largest absolute Gasteiger partial charge is 0.330 e.